The molecule has 1 saturated heterocycles. The number of aryl methyl sites for hydroxylation is 3. The zero-order valence-corrected chi connectivity index (χ0v) is 14.5. The van der Waals surface area contributed by atoms with Crippen molar-refractivity contribution in [1.29, 1.82) is 0 Å². The van der Waals surface area contributed by atoms with Crippen LogP contribution in [0.2, 0.25) is 0 Å². The summed E-state index contributed by atoms with van der Waals surface area (Å²) in [6.07, 6.45) is 1.45. The molecule has 4 nitrogen and oxygen atoms in total. The second-order valence-corrected chi connectivity index (χ2v) is 6.47. The van der Waals surface area contributed by atoms with E-state index in [0.29, 0.717) is 6.61 Å². The van der Waals surface area contributed by atoms with Gasteiger partial charge in [-0.3, -0.25) is 4.79 Å². The summed E-state index contributed by atoms with van der Waals surface area (Å²) in [5.74, 6) is -0.0570. The van der Waals surface area contributed by atoms with E-state index in [1.807, 2.05) is 24.3 Å². The fourth-order valence-electron chi connectivity index (χ4n) is 3.17. The van der Waals surface area contributed by atoms with Gasteiger partial charge in [-0.15, -0.1) is 0 Å². The maximum absolute atomic E-state index is 12.1. The predicted octanol–water partition coefficient (Wildman–Crippen LogP) is 4.47. The van der Waals surface area contributed by atoms with Crippen molar-refractivity contribution in [3.8, 4) is 0 Å². The smallest absolute Gasteiger partial charge is 0.253 e. The van der Waals surface area contributed by atoms with E-state index in [4.69, 9.17) is 4.74 Å². The highest BCUT2D eigenvalue weighted by molar-refractivity contribution is 5.94. The van der Waals surface area contributed by atoms with Gasteiger partial charge >= 0.3 is 0 Å². The van der Waals surface area contributed by atoms with Crippen LogP contribution in [0.4, 0.5) is 17.1 Å². The summed E-state index contributed by atoms with van der Waals surface area (Å²) in [5.41, 5.74) is 6.64. The third-order valence-corrected chi connectivity index (χ3v) is 4.32. The number of rotatable bonds is 4. The molecule has 4 heteroatoms. The molecule has 0 saturated carbocycles. The van der Waals surface area contributed by atoms with Crippen LogP contribution in [0, 0.1) is 20.8 Å². The van der Waals surface area contributed by atoms with Crippen molar-refractivity contribution in [1.82, 2.24) is 0 Å². The molecule has 1 atom stereocenters. The zero-order valence-electron chi connectivity index (χ0n) is 14.5. The van der Waals surface area contributed by atoms with E-state index in [2.05, 4.69) is 43.5 Å². The van der Waals surface area contributed by atoms with Gasteiger partial charge in [0.05, 0.1) is 0 Å². The van der Waals surface area contributed by atoms with E-state index in [0.717, 1.165) is 29.9 Å². The minimum atomic E-state index is -0.305. The molecule has 0 bridgehead atoms. The summed E-state index contributed by atoms with van der Waals surface area (Å²) in [4.78, 5) is 12.1. The average molecular weight is 324 g/mol. The van der Waals surface area contributed by atoms with Gasteiger partial charge in [-0.2, -0.15) is 0 Å². The minimum Gasteiger partial charge on any atom is -0.368 e. The number of amides is 1. The lowest BCUT2D eigenvalue weighted by Gasteiger charge is -2.15. The summed E-state index contributed by atoms with van der Waals surface area (Å²) < 4.78 is 5.40. The Hall–Kier alpha value is -2.33. The Morgan fingerprint density at radius 3 is 2.25 bits per heavy atom. The van der Waals surface area contributed by atoms with Gasteiger partial charge in [-0.05, 0) is 69.0 Å². The molecule has 1 aliphatic rings. The Labute approximate surface area is 143 Å². The third-order valence-electron chi connectivity index (χ3n) is 4.32. The first-order valence-corrected chi connectivity index (χ1v) is 8.40. The van der Waals surface area contributed by atoms with Gasteiger partial charge in [0.15, 0.2) is 0 Å². The maximum atomic E-state index is 12.1. The van der Waals surface area contributed by atoms with Crippen LogP contribution in [0.15, 0.2) is 36.4 Å². The number of hydrogen-bond acceptors (Lipinski definition) is 3. The monoisotopic (exact) mass is 324 g/mol. The van der Waals surface area contributed by atoms with Crippen LogP contribution in [0.1, 0.15) is 29.5 Å². The molecule has 1 amide bonds. The van der Waals surface area contributed by atoms with Gasteiger partial charge in [0, 0.05) is 23.7 Å². The van der Waals surface area contributed by atoms with Crippen LogP contribution in [0.25, 0.3) is 0 Å². The maximum Gasteiger partial charge on any atom is 0.253 e. The van der Waals surface area contributed by atoms with E-state index in [1.165, 1.54) is 16.7 Å². The summed E-state index contributed by atoms with van der Waals surface area (Å²) in [6, 6.07) is 12.1. The second-order valence-electron chi connectivity index (χ2n) is 6.47. The van der Waals surface area contributed by atoms with Crippen molar-refractivity contribution in [3.05, 3.63) is 53.1 Å². The number of carbonyl (C=O) groups excluding carboxylic acids is 1. The van der Waals surface area contributed by atoms with Gasteiger partial charge in [-0.1, -0.05) is 17.7 Å². The Kier molecular flexibility index (Phi) is 4.86. The summed E-state index contributed by atoms with van der Waals surface area (Å²) in [5, 5.41) is 6.38. The fraction of sp³-hybridized carbons (Fsp3) is 0.350. The zero-order chi connectivity index (χ0) is 17.1. The first kappa shape index (κ1) is 16.5. The van der Waals surface area contributed by atoms with E-state index in [-0.39, 0.29) is 12.0 Å². The molecule has 1 heterocycles. The Morgan fingerprint density at radius 2 is 1.67 bits per heavy atom. The first-order valence-electron chi connectivity index (χ1n) is 8.40. The number of carbonyl (C=O) groups is 1. The number of ether oxygens (including phenoxy) is 1. The quantitative estimate of drug-likeness (QED) is 0.872. The Balaban J connectivity index is 1.67. The molecule has 0 spiro atoms. The van der Waals surface area contributed by atoms with E-state index < -0.39 is 0 Å². The Morgan fingerprint density at radius 1 is 1.04 bits per heavy atom. The van der Waals surface area contributed by atoms with Gasteiger partial charge in [0.25, 0.3) is 5.91 Å². The van der Waals surface area contributed by atoms with Crippen molar-refractivity contribution >= 4 is 23.0 Å². The van der Waals surface area contributed by atoms with Crippen molar-refractivity contribution in [2.45, 2.75) is 39.7 Å². The lowest BCUT2D eigenvalue weighted by atomic mass is 10.0. The highest BCUT2D eigenvalue weighted by atomic mass is 16.5. The topological polar surface area (TPSA) is 50.4 Å². The Bertz CT molecular complexity index is 709. The average Bonchev–Trinajstić information content (AvgIpc) is 3.07. The molecule has 2 N–H and O–H groups in total. The van der Waals surface area contributed by atoms with Crippen LogP contribution >= 0.6 is 0 Å². The van der Waals surface area contributed by atoms with Gasteiger partial charge < -0.3 is 15.4 Å². The molecule has 1 unspecified atom stereocenters. The van der Waals surface area contributed by atoms with Crippen molar-refractivity contribution < 1.29 is 9.53 Å². The largest absolute Gasteiger partial charge is 0.368 e. The molecule has 2 aromatic rings. The fourth-order valence-corrected chi connectivity index (χ4v) is 3.17. The van der Waals surface area contributed by atoms with Crippen molar-refractivity contribution in [3.63, 3.8) is 0 Å². The van der Waals surface area contributed by atoms with Crippen LogP contribution in [-0.2, 0) is 9.53 Å². The van der Waals surface area contributed by atoms with Crippen LogP contribution in [0.5, 0.6) is 0 Å². The molecule has 0 radical (unpaired) electrons. The molecule has 1 aliphatic heterocycles. The van der Waals surface area contributed by atoms with E-state index in [1.54, 1.807) is 0 Å². The highest BCUT2D eigenvalue weighted by Gasteiger charge is 2.23. The third kappa shape index (κ3) is 3.77. The van der Waals surface area contributed by atoms with Crippen LogP contribution in [-0.4, -0.2) is 18.6 Å². The van der Waals surface area contributed by atoms with Gasteiger partial charge in [-0.25, -0.2) is 0 Å². The first-order chi connectivity index (χ1) is 11.5. The highest BCUT2D eigenvalue weighted by Crippen LogP contribution is 2.26. The predicted molar refractivity (Wildman–Crippen MR) is 98.0 cm³/mol. The molecule has 24 heavy (non-hydrogen) atoms. The summed E-state index contributed by atoms with van der Waals surface area (Å²) >= 11 is 0. The van der Waals surface area contributed by atoms with Crippen molar-refractivity contribution in [2.75, 3.05) is 17.2 Å². The number of anilines is 3. The molecule has 1 fully saturated rings. The summed E-state index contributed by atoms with van der Waals surface area (Å²) in [6.45, 7) is 7.00. The molecule has 2 aromatic carbocycles. The lowest BCUT2D eigenvalue weighted by molar-refractivity contribution is -0.124. The van der Waals surface area contributed by atoms with E-state index in [9.17, 15) is 4.79 Å². The number of nitrogens with one attached hydrogen (secondary N) is 2. The molecule has 126 valence electrons. The molecule has 0 aliphatic carbocycles. The molecule has 3 rings (SSSR count). The molecular formula is C20H24N2O2. The normalized spacial score (nSPS) is 16.9. The molecule has 0 aromatic heterocycles. The minimum absolute atomic E-state index is 0.0570. The molecular weight excluding hydrogens is 300 g/mol. The number of benzene rings is 2. The van der Waals surface area contributed by atoms with Crippen LogP contribution < -0.4 is 10.6 Å². The van der Waals surface area contributed by atoms with Crippen LogP contribution in [0.3, 0.4) is 0 Å². The van der Waals surface area contributed by atoms with E-state index >= 15 is 0 Å². The number of hydrogen-bond donors (Lipinski definition) is 2. The standard InChI is InChI=1S/C20H24N2O2/c1-13-11-14(2)19(15(3)12-13)21-16-6-8-17(9-7-16)22-20(23)18-5-4-10-24-18/h6-9,11-12,18,21H,4-5,10H2,1-3H3,(H,22,23). The lowest BCUT2D eigenvalue weighted by Crippen LogP contribution is -2.26. The summed E-state index contributed by atoms with van der Waals surface area (Å²) in [7, 11) is 0. The van der Waals surface area contributed by atoms with Gasteiger partial charge in [0.1, 0.15) is 6.10 Å². The second kappa shape index (κ2) is 7.05. The van der Waals surface area contributed by atoms with Crippen molar-refractivity contribution in [2.24, 2.45) is 0 Å². The van der Waals surface area contributed by atoms with Gasteiger partial charge in [0.2, 0.25) is 0 Å². The SMILES string of the molecule is Cc1cc(C)c(Nc2ccc(NC(=O)C3CCCO3)cc2)c(C)c1.